The van der Waals surface area contributed by atoms with Gasteiger partial charge in [-0.15, -0.1) is 0 Å². The second-order valence-electron chi connectivity index (χ2n) is 5.99. The monoisotopic (exact) mass is 379 g/mol. The van der Waals surface area contributed by atoms with Crippen molar-refractivity contribution in [1.29, 1.82) is 0 Å². The summed E-state index contributed by atoms with van der Waals surface area (Å²) in [5.74, 6) is 0.387. The number of hydrogen-bond donors (Lipinski definition) is 1. The summed E-state index contributed by atoms with van der Waals surface area (Å²) in [6, 6.07) is 14.4. The number of rotatable bonds is 7. The molecule has 0 spiro atoms. The van der Waals surface area contributed by atoms with Crippen molar-refractivity contribution in [3.05, 3.63) is 60.5 Å². The van der Waals surface area contributed by atoms with Gasteiger partial charge in [-0.2, -0.15) is 0 Å². The lowest BCUT2D eigenvalue weighted by atomic mass is 10.3. The van der Waals surface area contributed by atoms with E-state index in [1.165, 1.54) is 17.1 Å². The Labute approximate surface area is 162 Å². The van der Waals surface area contributed by atoms with Gasteiger partial charge in [0.15, 0.2) is 5.58 Å². The standard InChI is InChI=1S/C21H21N3O4/c1-3-24(14-19(25)22-15-7-6-8-16(13-15)27-2)21(26)12-11-20-23-17-9-4-5-10-18(17)28-20/h4-13H,3,14H2,1-2H3,(H,22,25). The van der Waals surface area contributed by atoms with Gasteiger partial charge >= 0.3 is 0 Å². The molecule has 0 bridgehead atoms. The maximum absolute atomic E-state index is 12.4. The van der Waals surface area contributed by atoms with Crippen molar-refractivity contribution in [3.8, 4) is 5.75 Å². The first-order valence-corrected chi connectivity index (χ1v) is 8.85. The van der Waals surface area contributed by atoms with Crippen molar-refractivity contribution in [2.75, 3.05) is 25.5 Å². The number of para-hydroxylation sites is 2. The molecule has 0 fully saturated rings. The molecule has 1 N–H and O–H groups in total. The van der Waals surface area contributed by atoms with Crippen LogP contribution in [-0.4, -0.2) is 41.9 Å². The molecule has 0 aliphatic heterocycles. The number of benzene rings is 2. The van der Waals surface area contributed by atoms with Gasteiger partial charge < -0.3 is 19.4 Å². The lowest BCUT2D eigenvalue weighted by molar-refractivity contribution is -0.130. The number of ether oxygens (including phenoxy) is 1. The van der Waals surface area contributed by atoms with Gasteiger partial charge in [0, 0.05) is 30.5 Å². The van der Waals surface area contributed by atoms with Crippen LogP contribution in [0.5, 0.6) is 5.75 Å². The molecule has 28 heavy (non-hydrogen) atoms. The topological polar surface area (TPSA) is 84.7 Å². The summed E-state index contributed by atoms with van der Waals surface area (Å²) < 4.78 is 10.7. The predicted molar refractivity (Wildman–Crippen MR) is 107 cm³/mol. The number of aromatic nitrogens is 1. The van der Waals surface area contributed by atoms with Crippen LogP contribution in [0.3, 0.4) is 0 Å². The molecular weight excluding hydrogens is 358 g/mol. The number of carbonyl (C=O) groups is 2. The summed E-state index contributed by atoms with van der Waals surface area (Å²) in [6.07, 6.45) is 2.86. The van der Waals surface area contributed by atoms with Gasteiger partial charge in [-0.1, -0.05) is 18.2 Å². The van der Waals surface area contributed by atoms with Crippen LogP contribution in [0, 0.1) is 0 Å². The molecule has 2 aromatic carbocycles. The maximum Gasteiger partial charge on any atom is 0.247 e. The molecule has 0 saturated carbocycles. The highest BCUT2D eigenvalue weighted by Crippen LogP contribution is 2.17. The predicted octanol–water partition coefficient (Wildman–Crippen LogP) is 3.34. The number of likely N-dealkylation sites (N-methyl/N-ethyl adjacent to an activating group) is 1. The molecule has 1 heterocycles. The van der Waals surface area contributed by atoms with Gasteiger partial charge in [-0.05, 0) is 31.2 Å². The van der Waals surface area contributed by atoms with Gasteiger partial charge in [0.05, 0.1) is 7.11 Å². The van der Waals surface area contributed by atoms with Crippen LogP contribution in [0.1, 0.15) is 12.8 Å². The van der Waals surface area contributed by atoms with Crippen LogP contribution in [0.25, 0.3) is 17.2 Å². The zero-order chi connectivity index (χ0) is 19.9. The highest BCUT2D eigenvalue weighted by molar-refractivity contribution is 5.98. The smallest absolute Gasteiger partial charge is 0.247 e. The average Bonchev–Trinajstić information content (AvgIpc) is 3.13. The number of hydrogen-bond acceptors (Lipinski definition) is 5. The van der Waals surface area contributed by atoms with Crippen LogP contribution in [0.4, 0.5) is 5.69 Å². The van der Waals surface area contributed by atoms with E-state index in [9.17, 15) is 9.59 Å². The van der Waals surface area contributed by atoms with Gasteiger partial charge in [0.25, 0.3) is 0 Å². The Kier molecular flexibility index (Phi) is 6.06. The number of nitrogens with one attached hydrogen (secondary N) is 1. The minimum absolute atomic E-state index is 0.0650. The van der Waals surface area contributed by atoms with E-state index in [1.54, 1.807) is 31.4 Å². The van der Waals surface area contributed by atoms with Gasteiger partial charge in [-0.3, -0.25) is 9.59 Å². The van der Waals surface area contributed by atoms with E-state index in [0.717, 1.165) is 5.52 Å². The molecule has 0 saturated heterocycles. The van der Waals surface area contributed by atoms with E-state index in [1.807, 2.05) is 31.2 Å². The number of fused-ring (bicyclic) bond motifs is 1. The second kappa shape index (κ2) is 8.85. The molecule has 0 aliphatic rings. The van der Waals surface area contributed by atoms with Gasteiger partial charge in [0.1, 0.15) is 17.8 Å². The third-order valence-corrected chi connectivity index (χ3v) is 4.06. The van der Waals surface area contributed by atoms with Crippen molar-refractivity contribution in [2.24, 2.45) is 0 Å². The third kappa shape index (κ3) is 4.76. The van der Waals surface area contributed by atoms with E-state index >= 15 is 0 Å². The molecule has 0 radical (unpaired) electrons. The highest BCUT2D eigenvalue weighted by Gasteiger charge is 2.14. The summed E-state index contributed by atoms with van der Waals surface area (Å²) in [7, 11) is 1.56. The Morgan fingerprint density at radius 2 is 2.04 bits per heavy atom. The Balaban J connectivity index is 1.61. The van der Waals surface area contributed by atoms with E-state index in [-0.39, 0.29) is 18.4 Å². The van der Waals surface area contributed by atoms with E-state index in [0.29, 0.717) is 29.5 Å². The molecule has 7 heteroatoms. The molecule has 3 rings (SSSR count). The first kappa shape index (κ1) is 19.2. The van der Waals surface area contributed by atoms with Crippen LogP contribution in [0.2, 0.25) is 0 Å². The fourth-order valence-electron chi connectivity index (χ4n) is 2.63. The molecule has 0 atom stereocenters. The van der Waals surface area contributed by atoms with Crippen LogP contribution in [-0.2, 0) is 9.59 Å². The number of anilines is 1. The van der Waals surface area contributed by atoms with Crippen molar-refractivity contribution in [1.82, 2.24) is 9.88 Å². The second-order valence-corrected chi connectivity index (χ2v) is 5.99. The molecule has 0 aliphatic carbocycles. The number of carbonyl (C=O) groups excluding carboxylic acids is 2. The van der Waals surface area contributed by atoms with Gasteiger partial charge in [-0.25, -0.2) is 4.98 Å². The molecular formula is C21H21N3O4. The van der Waals surface area contributed by atoms with Crippen molar-refractivity contribution < 1.29 is 18.7 Å². The minimum Gasteiger partial charge on any atom is -0.497 e. The maximum atomic E-state index is 12.4. The molecule has 0 unspecified atom stereocenters. The average molecular weight is 379 g/mol. The van der Waals surface area contributed by atoms with Gasteiger partial charge in [0.2, 0.25) is 17.7 Å². The van der Waals surface area contributed by atoms with Crippen LogP contribution < -0.4 is 10.1 Å². The molecule has 3 aromatic rings. The lowest BCUT2D eigenvalue weighted by Gasteiger charge is -2.18. The molecule has 2 amide bonds. The van der Waals surface area contributed by atoms with Crippen molar-refractivity contribution in [2.45, 2.75) is 6.92 Å². The Morgan fingerprint density at radius 3 is 2.79 bits per heavy atom. The van der Waals surface area contributed by atoms with E-state index in [4.69, 9.17) is 9.15 Å². The van der Waals surface area contributed by atoms with E-state index < -0.39 is 0 Å². The van der Waals surface area contributed by atoms with Crippen molar-refractivity contribution in [3.63, 3.8) is 0 Å². The Morgan fingerprint density at radius 1 is 1.21 bits per heavy atom. The van der Waals surface area contributed by atoms with Crippen molar-refractivity contribution >= 4 is 34.7 Å². The summed E-state index contributed by atoms with van der Waals surface area (Å²) in [5.41, 5.74) is 1.98. The number of oxazole rings is 1. The summed E-state index contributed by atoms with van der Waals surface area (Å²) in [6.45, 7) is 2.14. The van der Waals surface area contributed by atoms with Crippen LogP contribution in [0.15, 0.2) is 59.0 Å². The third-order valence-electron chi connectivity index (χ3n) is 4.06. The van der Waals surface area contributed by atoms with Crippen LogP contribution >= 0.6 is 0 Å². The first-order chi connectivity index (χ1) is 13.6. The summed E-state index contributed by atoms with van der Waals surface area (Å²) >= 11 is 0. The zero-order valence-corrected chi connectivity index (χ0v) is 15.7. The fraction of sp³-hybridized carbons (Fsp3) is 0.190. The lowest BCUT2D eigenvalue weighted by Crippen LogP contribution is -2.36. The number of nitrogens with zero attached hydrogens (tertiary/aromatic N) is 2. The van der Waals surface area contributed by atoms with E-state index in [2.05, 4.69) is 10.3 Å². The first-order valence-electron chi connectivity index (χ1n) is 8.85. The Bertz CT molecular complexity index is 977. The summed E-state index contributed by atoms with van der Waals surface area (Å²) in [5, 5.41) is 2.76. The normalized spacial score (nSPS) is 10.9. The SMILES string of the molecule is CCN(CC(=O)Nc1cccc(OC)c1)C(=O)C=Cc1nc2ccccc2o1. The quantitative estimate of drug-likeness (QED) is 0.637. The Hall–Kier alpha value is -3.61. The zero-order valence-electron chi connectivity index (χ0n) is 15.7. The largest absolute Gasteiger partial charge is 0.497 e. The number of methoxy groups -OCH3 is 1. The minimum atomic E-state index is -0.300. The fourth-order valence-corrected chi connectivity index (χ4v) is 2.63. The molecule has 1 aromatic heterocycles. The molecule has 7 nitrogen and oxygen atoms in total. The highest BCUT2D eigenvalue weighted by atomic mass is 16.5. The molecule has 144 valence electrons. The summed E-state index contributed by atoms with van der Waals surface area (Å²) in [4.78, 5) is 30.4. The number of amides is 2.